The molecule has 0 radical (unpaired) electrons. The van der Waals surface area contributed by atoms with Crippen LogP contribution in [0.5, 0.6) is 0 Å². The van der Waals surface area contributed by atoms with E-state index in [-0.39, 0.29) is 18.1 Å². The molecular weight excluding hydrogens is 325 g/mol. The highest BCUT2D eigenvalue weighted by molar-refractivity contribution is 5.95. The van der Waals surface area contributed by atoms with E-state index in [2.05, 4.69) is 10.4 Å². The number of ether oxygens (including phenoxy) is 1. The van der Waals surface area contributed by atoms with E-state index in [1.807, 2.05) is 0 Å². The predicted molar refractivity (Wildman–Crippen MR) is 91.5 cm³/mol. The number of fused-ring (bicyclic) bond motifs is 1. The number of rotatable bonds is 5. The molecule has 0 atom stereocenters. The molecule has 1 heterocycles. The third-order valence-corrected chi connectivity index (χ3v) is 3.67. The second-order valence-corrected chi connectivity index (χ2v) is 5.33. The SMILES string of the molecule is COCCNC(=O)c1nn(-c2ccc(F)cc2)c2ccccc2c1=O. The Morgan fingerprint density at radius 3 is 2.64 bits per heavy atom. The zero-order valence-corrected chi connectivity index (χ0v) is 13.5. The number of nitrogens with one attached hydrogen (secondary N) is 1. The zero-order valence-electron chi connectivity index (χ0n) is 13.5. The van der Waals surface area contributed by atoms with Gasteiger partial charge in [0.05, 0.1) is 23.2 Å². The maximum absolute atomic E-state index is 13.2. The monoisotopic (exact) mass is 341 g/mol. The molecule has 1 aromatic heterocycles. The van der Waals surface area contributed by atoms with Crippen molar-refractivity contribution >= 4 is 16.8 Å². The van der Waals surface area contributed by atoms with Crippen LogP contribution in [0.3, 0.4) is 0 Å². The Hall–Kier alpha value is -3.06. The highest BCUT2D eigenvalue weighted by atomic mass is 19.1. The number of hydrogen-bond donors (Lipinski definition) is 1. The van der Waals surface area contributed by atoms with E-state index in [0.717, 1.165) is 0 Å². The molecule has 2 aromatic carbocycles. The molecule has 128 valence electrons. The molecule has 25 heavy (non-hydrogen) atoms. The first kappa shape index (κ1) is 16.8. The third-order valence-electron chi connectivity index (χ3n) is 3.67. The van der Waals surface area contributed by atoms with Crippen LogP contribution in [-0.2, 0) is 4.74 Å². The second kappa shape index (κ2) is 7.23. The van der Waals surface area contributed by atoms with Crippen molar-refractivity contribution in [3.05, 3.63) is 70.3 Å². The van der Waals surface area contributed by atoms with Gasteiger partial charge in [-0.05, 0) is 36.4 Å². The Kier molecular flexibility index (Phi) is 4.85. The van der Waals surface area contributed by atoms with Crippen LogP contribution in [0.25, 0.3) is 16.6 Å². The van der Waals surface area contributed by atoms with E-state index < -0.39 is 11.3 Å². The molecule has 3 aromatic rings. The molecule has 0 fully saturated rings. The molecular formula is C18H16FN3O3. The predicted octanol–water partition coefficient (Wildman–Crippen LogP) is 1.90. The number of halogens is 1. The van der Waals surface area contributed by atoms with Gasteiger partial charge in [0.25, 0.3) is 5.91 Å². The number of amides is 1. The summed E-state index contributed by atoms with van der Waals surface area (Å²) >= 11 is 0. The van der Waals surface area contributed by atoms with Crippen LogP contribution in [-0.4, -0.2) is 35.9 Å². The number of benzene rings is 2. The maximum Gasteiger partial charge on any atom is 0.275 e. The zero-order chi connectivity index (χ0) is 17.8. The van der Waals surface area contributed by atoms with E-state index in [9.17, 15) is 14.0 Å². The molecule has 0 bridgehead atoms. The average molecular weight is 341 g/mol. The first-order chi connectivity index (χ1) is 12.1. The average Bonchev–Trinajstić information content (AvgIpc) is 2.63. The standard InChI is InChI=1S/C18H16FN3O3/c1-25-11-10-20-18(24)16-17(23)14-4-2-3-5-15(14)22(21-16)13-8-6-12(19)7-9-13/h2-9H,10-11H2,1H3,(H,20,24). The molecule has 7 heteroatoms. The van der Waals surface area contributed by atoms with Crippen molar-refractivity contribution in [1.29, 1.82) is 0 Å². The van der Waals surface area contributed by atoms with Gasteiger partial charge in [0, 0.05) is 13.7 Å². The molecule has 3 rings (SSSR count). The van der Waals surface area contributed by atoms with Gasteiger partial charge in [-0.25, -0.2) is 9.07 Å². The number of carbonyl (C=O) groups is 1. The van der Waals surface area contributed by atoms with Gasteiger partial charge in [0.2, 0.25) is 5.43 Å². The fourth-order valence-corrected chi connectivity index (χ4v) is 2.46. The van der Waals surface area contributed by atoms with Crippen LogP contribution >= 0.6 is 0 Å². The maximum atomic E-state index is 13.2. The lowest BCUT2D eigenvalue weighted by molar-refractivity contribution is 0.0929. The van der Waals surface area contributed by atoms with E-state index in [1.54, 1.807) is 24.3 Å². The lowest BCUT2D eigenvalue weighted by Crippen LogP contribution is -2.33. The Labute approximate surface area is 142 Å². The van der Waals surface area contributed by atoms with Gasteiger partial charge < -0.3 is 10.1 Å². The Bertz CT molecular complexity index is 967. The molecule has 0 unspecified atom stereocenters. The first-order valence-electron chi connectivity index (χ1n) is 7.67. The fraction of sp³-hybridized carbons (Fsp3) is 0.167. The van der Waals surface area contributed by atoms with Crippen molar-refractivity contribution in [2.75, 3.05) is 20.3 Å². The minimum absolute atomic E-state index is 0.223. The highest BCUT2D eigenvalue weighted by Crippen LogP contribution is 2.16. The first-order valence-corrected chi connectivity index (χ1v) is 7.67. The van der Waals surface area contributed by atoms with Gasteiger partial charge in [-0.1, -0.05) is 12.1 Å². The number of para-hydroxylation sites is 1. The van der Waals surface area contributed by atoms with Crippen molar-refractivity contribution < 1.29 is 13.9 Å². The quantitative estimate of drug-likeness (QED) is 0.720. The van der Waals surface area contributed by atoms with Gasteiger partial charge >= 0.3 is 0 Å². The molecule has 0 aliphatic carbocycles. The third kappa shape index (κ3) is 3.41. The van der Waals surface area contributed by atoms with E-state index in [0.29, 0.717) is 23.2 Å². The number of hydrogen-bond acceptors (Lipinski definition) is 4. The Morgan fingerprint density at radius 1 is 1.20 bits per heavy atom. The van der Waals surface area contributed by atoms with E-state index in [4.69, 9.17) is 4.74 Å². The molecule has 1 amide bonds. The van der Waals surface area contributed by atoms with Crippen LogP contribution in [0.4, 0.5) is 4.39 Å². The number of aromatic nitrogens is 2. The van der Waals surface area contributed by atoms with Crippen molar-refractivity contribution in [3.8, 4) is 5.69 Å². The van der Waals surface area contributed by atoms with Crippen LogP contribution in [0, 0.1) is 5.82 Å². The minimum atomic E-state index is -0.580. The summed E-state index contributed by atoms with van der Waals surface area (Å²) in [7, 11) is 1.52. The molecule has 0 saturated carbocycles. The minimum Gasteiger partial charge on any atom is -0.383 e. The summed E-state index contributed by atoms with van der Waals surface area (Å²) in [5.74, 6) is -0.963. The largest absolute Gasteiger partial charge is 0.383 e. The van der Waals surface area contributed by atoms with Crippen LogP contribution < -0.4 is 10.7 Å². The highest BCUT2D eigenvalue weighted by Gasteiger charge is 2.17. The molecule has 1 N–H and O–H groups in total. The number of methoxy groups -OCH3 is 1. The Balaban J connectivity index is 2.16. The lowest BCUT2D eigenvalue weighted by Gasteiger charge is -2.12. The molecule has 0 spiro atoms. The second-order valence-electron chi connectivity index (χ2n) is 5.33. The van der Waals surface area contributed by atoms with Gasteiger partial charge in [0.1, 0.15) is 5.82 Å². The van der Waals surface area contributed by atoms with E-state index in [1.165, 1.54) is 36.1 Å². The molecule has 0 aliphatic heterocycles. The summed E-state index contributed by atoms with van der Waals surface area (Å²) in [5.41, 5.74) is 0.402. The van der Waals surface area contributed by atoms with Gasteiger partial charge in [-0.3, -0.25) is 9.59 Å². The smallest absolute Gasteiger partial charge is 0.275 e. The topological polar surface area (TPSA) is 73.2 Å². The van der Waals surface area contributed by atoms with E-state index >= 15 is 0 Å². The van der Waals surface area contributed by atoms with Crippen molar-refractivity contribution in [3.63, 3.8) is 0 Å². The number of carbonyl (C=O) groups excluding carboxylic acids is 1. The summed E-state index contributed by atoms with van der Waals surface area (Å²) in [4.78, 5) is 24.9. The van der Waals surface area contributed by atoms with Crippen LogP contribution in [0.2, 0.25) is 0 Å². The van der Waals surface area contributed by atoms with Gasteiger partial charge in [-0.15, -0.1) is 0 Å². The summed E-state index contributed by atoms with van der Waals surface area (Å²) in [6, 6.07) is 12.5. The summed E-state index contributed by atoms with van der Waals surface area (Å²) in [6.07, 6.45) is 0. The van der Waals surface area contributed by atoms with Crippen molar-refractivity contribution in [2.24, 2.45) is 0 Å². The Morgan fingerprint density at radius 2 is 1.92 bits per heavy atom. The normalized spacial score (nSPS) is 10.8. The molecule has 6 nitrogen and oxygen atoms in total. The van der Waals surface area contributed by atoms with Crippen LogP contribution in [0.1, 0.15) is 10.5 Å². The van der Waals surface area contributed by atoms with Gasteiger partial charge in [-0.2, -0.15) is 5.10 Å². The van der Waals surface area contributed by atoms with Crippen LogP contribution in [0.15, 0.2) is 53.3 Å². The summed E-state index contributed by atoms with van der Waals surface area (Å²) < 4.78 is 19.5. The molecule has 0 aliphatic rings. The van der Waals surface area contributed by atoms with Crippen molar-refractivity contribution in [1.82, 2.24) is 15.1 Å². The summed E-state index contributed by atoms with van der Waals surface area (Å²) in [6.45, 7) is 0.589. The van der Waals surface area contributed by atoms with Crippen molar-refractivity contribution in [2.45, 2.75) is 0 Å². The van der Waals surface area contributed by atoms with Gasteiger partial charge in [0.15, 0.2) is 5.69 Å². The molecule has 0 saturated heterocycles. The number of nitrogens with zero attached hydrogens (tertiary/aromatic N) is 2. The lowest BCUT2D eigenvalue weighted by atomic mass is 10.2. The summed E-state index contributed by atoms with van der Waals surface area (Å²) in [5, 5.41) is 7.16. The fourth-order valence-electron chi connectivity index (χ4n) is 2.46.